The van der Waals surface area contributed by atoms with Gasteiger partial charge in [0.25, 0.3) is 11.7 Å². The maximum absolute atomic E-state index is 13.1. The molecule has 1 aliphatic heterocycles. The number of nitrogens with zero attached hydrogens (tertiary/aromatic N) is 3. The van der Waals surface area contributed by atoms with Crippen molar-refractivity contribution in [2.75, 3.05) is 26.7 Å². The van der Waals surface area contributed by atoms with Gasteiger partial charge in [-0.05, 0) is 30.5 Å². The largest absolute Gasteiger partial charge is 0.396 e. The van der Waals surface area contributed by atoms with Crippen LogP contribution in [0, 0.1) is 11.2 Å². The zero-order valence-corrected chi connectivity index (χ0v) is 15.1. The Balaban J connectivity index is 1.72. The number of halogens is 1. The topological polar surface area (TPSA) is 112 Å². The molecule has 2 aromatic rings. The lowest BCUT2D eigenvalue weighted by molar-refractivity contribution is -0.0784. The number of nitrogens with one attached hydrogen (secondary N) is 1. The van der Waals surface area contributed by atoms with Gasteiger partial charge < -0.3 is 20.1 Å². The number of aromatic nitrogens is 2. The van der Waals surface area contributed by atoms with Crippen LogP contribution in [0.4, 0.5) is 4.39 Å². The quantitative estimate of drug-likeness (QED) is 0.665. The Hall–Kier alpha value is -2.36. The Morgan fingerprint density at radius 3 is 2.85 bits per heavy atom. The number of likely N-dealkylation sites (tertiary alicyclic amines) is 1. The molecule has 1 fully saturated rings. The molecule has 0 saturated carbocycles. The van der Waals surface area contributed by atoms with Gasteiger partial charge in [-0.15, -0.1) is 0 Å². The highest BCUT2D eigenvalue weighted by molar-refractivity contribution is 5.89. The highest BCUT2D eigenvalue weighted by Crippen LogP contribution is 2.34. The minimum Gasteiger partial charge on any atom is -0.396 e. The van der Waals surface area contributed by atoms with Crippen molar-refractivity contribution in [1.29, 1.82) is 0 Å². The highest BCUT2D eigenvalue weighted by atomic mass is 19.1. The summed E-state index contributed by atoms with van der Waals surface area (Å²) in [7, 11) is 1.48. The van der Waals surface area contributed by atoms with E-state index >= 15 is 0 Å². The van der Waals surface area contributed by atoms with E-state index in [4.69, 9.17) is 4.52 Å². The molecule has 3 N–H and O–H groups in total. The van der Waals surface area contributed by atoms with Gasteiger partial charge in [0.15, 0.2) is 0 Å². The van der Waals surface area contributed by atoms with Crippen molar-refractivity contribution in [1.82, 2.24) is 20.4 Å². The summed E-state index contributed by atoms with van der Waals surface area (Å²) >= 11 is 0. The van der Waals surface area contributed by atoms with Crippen molar-refractivity contribution < 1.29 is 23.9 Å². The second kappa shape index (κ2) is 8.12. The number of carbonyl (C=O) groups is 1. The van der Waals surface area contributed by atoms with E-state index < -0.39 is 17.4 Å². The Morgan fingerprint density at radius 1 is 1.44 bits per heavy atom. The van der Waals surface area contributed by atoms with Crippen molar-refractivity contribution in [2.24, 2.45) is 5.41 Å². The summed E-state index contributed by atoms with van der Waals surface area (Å²) in [5, 5.41) is 26.7. The van der Waals surface area contributed by atoms with Gasteiger partial charge in [-0.2, -0.15) is 4.98 Å². The summed E-state index contributed by atoms with van der Waals surface area (Å²) in [5.74, 6) is -0.506. The van der Waals surface area contributed by atoms with Gasteiger partial charge in [0.2, 0.25) is 5.89 Å². The van der Waals surface area contributed by atoms with Crippen LogP contribution in [-0.4, -0.2) is 64.0 Å². The molecule has 8 nitrogen and oxygen atoms in total. The van der Waals surface area contributed by atoms with Crippen molar-refractivity contribution in [3.8, 4) is 0 Å². The molecule has 3 rings (SSSR count). The second-order valence-corrected chi connectivity index (χ2v) is 6.93. The summed E-state index contributed by atoms with van der Waals surface area (Å²) in [6.45, 7) is 1.08. The summed E-state index contributed by atoms with van der Waals surface area (Å²) in [6.07, 6.45) is 0.195. The number of benzene rings is 1. The summed E-state index contributed by atoms with van der Waals surface area (Å²) in [4.78, 5) is 17.6. The number of aliphatic hydroxyl groups excluding tert-OH is 2. The summed E-state index contributed by atoms with van der Waals surface area (Å²) in [6, 6.07) is 6.05. The van der Waals surface area contributed by atoms with Crippen LogP contribution in [0.1, 0.15) is 28.5 Å². The fourth-order valence-corrected chi connectivity index (χ4v) is 3.48. The maximum Gasteiger partial charge on any atom is 0.292 e. The first-order valence-corrected chi connectivity index (χ1v) is 8.76. The second-order valence-electron chi connectivity index (χ2n) is 6.93. The summed E-state index contributed by atoms with van der Waals surface area (Å²) in [5.41, 5.74) is 0.0609. The molecule has 1 aromatic heterocycles. The third-order valence-electron chi connectivity index (χ3n) is 5.01. The van der Waals surface area contributed by atoms with E-state index in [1.165, 1.54) is 19.2 Å². The molecule has 1 amide bonds. The lowest BCUT2D eigenvalue weighted by atomic mass is 9.73. The molecule has 146 valence electrons. The zero-order valence-electron chi connectivity index (χ0n) is 15.1. The van der Waals surface area contributed by atoms with Crippen LogP contribution in [0.15, 0.2) is 28.8 Å². The first-order valence-electron chi connectivity index (χ1n) is 8.76. The van der Waals surface area contributed by atoms with Gasteiger partial charge in [-0.3, -0.25) is 9.69 Å². The number of amides is 1. The van der Waals surface area contributed by atoms with Crippen molar-refractivity contribution in [3.63, 3.8) is 0 Å². The lowest BCUT2D eigenvalue weighted by Crippen LogP contribution is -2.54. The molecule has 1 aromatic carbocycles. The average Bonchev–Trinajstić information content (AvgIpc) is 3.14. The molecule has 0 radical (unpaired) electrons. The third kappa shape index (κ3) is 4.32. The van der Waals surface area contributed by atoms with Gasteiger partial charge in [0, 0.05) is 25.6 Å². The normalized spacial score (nSPS) is 23.3. The zero-order chi connectivity index (χ0) is 19.4. The van der Waals surface area contributed by atoms with E-state index in [2.05, 4.69) is 15.5 Å². The monoisotopic (exact) mass is 378 g/mol. The van der Waals surface area contributed by atoms with Crippen molar-refractivity contribution in [2.45, 2.75) is 25.5 Å². The first kappa shape index (κ1) is 19.4. The fraction of sp³-hybridized carbons (Fsp3) is 0.500. The Kier molecular flexibility index (Phi) is 5.83. The van der Waals surface area contributed by atoms with E-state index in [0.717, 1.165) is 5.56 Å². The standard InChI is InChI=1S/C18H23FN4O4/c1-20-17(26)16-21-15(27-22-16)9-23-7-6-14(25)18(10-23,11-24)8-12-2-4-13(19)5-3-12/h2-5,14,24-25H,6-11H2,1H3,(H,20,26)/t14-,18-/m0/s1. The Bertz CT molecular complexity index is 782. The fourth-order valence-electron chi connectivity index (χ4n) is 3.48. The molecule has 9 heteroatoms. The number of rotatable bonds is 6. The first-order chi connectivity index (χ1) is 13.0. The molecular weight excluding hydrogens is 355 g/mol. The molecule has 1 aliphatic rings. The Labute approximate surface area is 156 Å². The van der Waals surface area contributed by atoms with Crippen LogP contribution >= 0.6 is 0 Å². The van der Waals surface area contributed by atoms with E-state index in [1.807, 2.05) is 4.90 Å². The predicted molar refractivity (Wildman–Crippen MR) is 93.2 cm³/mol. The molecule has 2 heterocycles. The van der Waals surface area contributed by atoms with Crippen LogP contribution in [0.3, 0.4) is 0 Å². The molecule has 1 saturated heterocycles. The van der Waals surface area contributed by atoms with Crippen LogP contribution in [-0.2, 0) is 13.0 Å². The molecular formula is C18H23FN4O4. The predicted octanol–water partition coefficient (Wildman–Crippen LogP) is 0.356. The molecule has 27 heavy (non-hydrogen) atoms. The number of aliphatic hydroxyl groups is 2. The van der Waals surface area contributed by atoms with Gasteiger partial charge in [-0.1, -0.05) is 17.3 Å². The average molecular weight is 378 g/mol. The van der Waals surface area contributed by atoms with Gasteiger partial charge >= 0.3 is 0 Å². The number of piperidine rings is 1. The van der Waals surface area contributed by atoms with Crippen LogP contribution in [0.2, 0.25) is 0 Å². The molecule has 0 unspecified atom stereocenters. The van der Waals surface area contributed by atoms with Crippen LogP contribution in [0.25, 0.3) is 0 Å². The van der Waals surface area contributed by atoms with Gasteiger partial charge in [0.1, 0.15) is 5.82 Å². The van der Waals surface area contributed by atoms with Crippen molar-refractivity contribution >= 4 is 5.91 Å². The number of carbonyl (C=O) groups excluding carboxylic acids is 1. The van der Waals surface area contributed by atoms with Gasteiger partial charge in [-0.25, -0.2) is 4.39 Å². The highest BCUT2D eigenvalue weighted by Gasteiger charge is 2.42. The third-order valence-corrected chi connectivity index (χ3v) is 5.01. The molecule has 0 spiro atoms. The van der Waals surface area contributed by atoms with E-state index in [-0.39, 0.29) is 18.2 Å². The minimum atomic E-state index is -0.778. The maximum atomic E-state index is 13.1. The molecule has 0 bridgehead atoms. The number of hydrogen-bond donors (Lipinski definition) is 3. The van der Waals surface area contributed by atoms with Gasteiger partial charge in [0.05, 0.1) is 19.3 Å². The van der Waals surface area contributed by atoms with Crippen LogP contribution < -0.4 is 5.32 Å². The van der Waals surface area contributed by atoms with Crippen molar-refractivity contribution in [3.05, 3.63) is 47.4 Å². The van der Waals surface area contributed by atoms with E-state index in [0.29, 0.717) is 38.4 Å². The minimum absolute atomic E-state index is 0.0377. The van der Waals surface area contributed by atoms with E-state index in [9.17, 15) is 19.4 Å². The molecule has 2 atom stereocenters. The number of hydrogen-bond acceptors (Lipinski definition) is 7. The van der Waals surface area contributed by atoms with Crippen LogP contribution in [0.5, 0.6) is 0 Å². The van der Waals surface area contributed by atoms with E-state index in [1.54, 1.807) is 12.1 Å². The SMILES string of the molecule is CNC(=O)c1noc(CN2CC[C@H](O)[C@@](CO)(Cc3ccc(F)cc3)C2)n1. The summed E-state index contributed by atoms with van der Waals surface area (Å²) < 4.78 is 18.3. The molecule has 0 aliphatic carbocycles. The Morgan fingerprint density at radius 2 is 2.19 bits per heavy atom. The smallest absolute Gasteiger partial charge is 0.292 e. The lowest BCUT2D eigenvalue weighted by Gasteiger charge is -2.45.